The topological polar surface area (TPSA) is 90.0 Å². The molecule has 0 saturated carbocycles. The van der Waals surface area contributed by atoms with Crippen molar-refractivity contribution in [1.29, 1.82) is 0 Å². The quantitative estimate of drug-likeness (QED) is 0.712. The van der Waals surface area contributed by atoms with Crippen molar-refractivity contribution in [3.8, 4) is 0 Å². The number of anilines is 1. The van der Waals surface area contributed by atoms with Crippen LogP contribution >= 0.6 is 11.6 Å². The first-order valence-electron chi connectivity index (χ1n) is 10.4. The molecular weight excluding hydrogens is 452 g/mol. The molecule has 10 heteroatoms. The van der Waals surface area contributed by atoms with Crippen LogP contribution in [-0.2, 0) is 19.6 Å². The van der Waals surface area contributed by atoms with Gasteiger partial charge in [-0.2, -0.15) is 4.31 Å². The van der Waals surface area contributed by atoms with Gasteiger partial charge in [-0.05, 0) is 49.2 Å². The third kappa shape index (κ3) is 3.96. The largest absolute Gasteiger partial charge is 0.358 e. The standard InChI is InChI=1S/C22H25ClN4O4S/c1-24-20(28)15-25-16-27(18-5-3-2-4-6-18)22(21(25)29)11-13-26(14-12-22)32(30,31)19-9-7-17(23)8-10-19/h2-10H,11-16H2,1H3,(H,24,28). The van der Waals surface area contributed by atoms with Crippen molar-refractivity contribution in [2.24, 2.45) is 0 Å². The summed E-state index contributed by atoms with van der Waals surface area (Å²) in [4.78, 5) is 29.2. The summed E-state index contributed by atoms with van der Waals surface area (Å²) in [6.45, 7) is 0.648. The molecule has 2 aliphatic heterocycles. The molecule has 170 valence electrons. The van der Waals surface area contributed by atoms with Crippen molar-refractivity contribution in [3.63, 3.8) is 0 Å². The van der Waals surface area contributed by atoms with Gasteiger partial charge in [-0.15, -0.1) is 0 Å². The molecule has 1 N–H and O–H groups in total. The zero-order valence-electron chi connectivity index (χ0n) is 17.7. The zero-order valence-corrected chi connectivity index (χ0v) is 19.3. The van der Waals surface area contributed by atoms with Crippen molar-refractivity contribution in [2.45, 2.75) is 23.3 Å². The van der Waals surface area contributed by atoms with Crippen LogP contribution in [-0.4, -0.2) is 68.3 Å². The summed E-state index contributed by atoms with van der Waals surface area (Å²) < 4.78 is 27.6. The second-order valence-corrected chi connectivity index (χ2v) is 10.3. The minimum Gasteiger partial charge on any atom is -0.358 e. The Morgan fingerprint density at radius 3 is 2.28 bits per heavy atom. The number of halogens is 1. The fourth-order valence-electron chi connectivity index (χ4n) is 4.43. The van der Waals surface area contributed by atoms with E-state index in [1.807, 2.05) is 35.2 Å². The van der Waals surface area contributed by atoms with E-state index in [0.29, 0.717) is 17.9 Å². The number of amides is 2. The van der Waals surface area contributed by atoms with E-state index < -0.39 is 15.6 Å². The van der Waals surface area contributed by atoms with Gasteiger partial charge in [0.2, 0.25) is 21.8 Å². The summed E-state index contributed by atoms with van der Waals surface area (Å²) in [6.07, 6.45) is 0.662. The minimum absolute atomic E-state index is 0.0345. The molecule has 2 heterocycles. The van der Waals surface area contributed by atoms with Crippen molar-refractivity contribution in [1.82, 2.24) is 14.5 Å². The number of rotatable bonds is 5. The lowest BCUT2D eigenvalue weighted by atomic mass is 9.86. The number of sulfonamides is 1. The molecule has 0 aromatic heterocycles. The Bertz CT molecular complexity index is 1100. The van der Waals surface area contributed by atoms with E-state index in [1.54, 1.807) is 12.1 Å². The fraction of sp³-hybridized carbons (Fsp3) is 0.364. The van der Waals surface area contributed by atoms with Gasteiger partial charge in [0, 0.05) is 30.8 Å². The van der Waals surface area contributed by atoms with E-state index in [9.17, 15) is 18.0 Å². The maximum atomic E-state index is 13.5. The highest BCUT2D eigenvalue weighted by atomic mass is 35.5. The molecule has 2 aromatic rings. The Labute approximate surface area is 192 Å². The summed E-state index contributed by atoms with van der Waals surface area (Å²) in [5.41, 5.74) is -0.0178. The van der Waals surface area contributed by atoms with Crippen LogP contribution in [0.5, 0.6) is 0 Å². The molecule has 2 aromatic carbocycles. The normalized spacial score (nSPS) is 18.9. The Balaban J connectivity index is 1.60. The molecule has 0 bridgehead atoms. The molecule has 0 atom stereocenters. The lowest BCUT2D eigenvalue weighted by molar-refractivity contribution is -0.136. The molecule has 1 spiro atoms. The number of carbonyl (C=O) groups excluding carboxylic acids is 2. The maximum absolute atomic E-state index is 13.5. The van der Waals surface area contributed by atoms with Gasteiger partial charge in [-0.1, -0.05) is 29.8 Å². The maximum Gasteiger partial charge on any atom is 0.250 e. The number of para-hydroxylation sites is 1. The van der Waals surface area contributed by atoms with Crippen LogP contribution < -0.4 is 10.2 Å². The zero-order chi connectivity index (χ0) is 22.9. The van der Waals surface area contributed by atoms with E-state index in [2.05, 4.69) is 5.32 Å². The van der Waals surface area contributed by atoms with E-state index in [-0.39, 0.29) is 43.0 Å². The number of carbonyl (C=O) groups is 2. The van der Waals surface area contributed by atoms with Crippen molar-refractivity contribution in [3.05, 3.63) is 59.6 Å². The summed E-state index contributed by atoms with van der Waals surface area (Å²) in [7, 11) is -2.16. The number of hydrogen-bond acceptors (Lipinski definition) is 5. The van der Waals surface area contributed by atoms with Gasteiger partial charge in [-0.25, -0.2) is 8.42 Å². The Hall–Kier alpha value is -2.62. The number of nitrogens with one attached hydrogen (secondary N) is 1. The number of hydrogen-bond donors (Lipinski definition) is 1. The Morgan fingerprint density at radius 1 is 1.06 bits per heavy atom. The smallest absolute Gasteiger partial charge is 0.250 e. The van der Waals surface area contributed by atoms with Gasteiger partial charge in [0.1, 0.15) is 12.1 Å². The highest BCUT2D eigenvalue weighted by Crippen LogP contribution is 2.40. The number of nitrogens with zero attached hydrogens (tertiary/aromatic N) is 3. The molecule has 2 aliphatic rings. The summed E-state index contributed by atoms with van der Waals surface area (Å²) >= 11 is 5.90. The second kappa shape index (κ2) is 8.73. The highest BCUT2D eigenvalue weighted by Gasteiger charge is 2.54. The average Bonchev–Trinajstić information content (AvgIpc) is 3.06. The fourth-order valence-corrected chi connectivity index (χ4v) is 5.99. The third-order valence-electron chi connectivity index (χ3n) is 6.20. The summed E-state index contributed by atoms with van der Waals surface area (Å²) in [5.74, 6) is -0.389. The molecule has 0 radical (unpaired) electrons. The highest BCUT2D eigenvalue weighted by molar-refractivity contribution is 7.89. The number of benzene rings is 2. The van der Waals surface area contributed by atoms with Gasteiger partial charge >= 0.3 is 0 Å². The third-order valence-corrected chi connectivity index (χ3v) is 8.36. The summed E-state index contributed by atoms with van der Waals surface area (Å²) in [5, 5.41) is 3.02. The molecule has 2 fully saturated rings. The Kier molecular flexibility index (Phi) is 6.15. The monoisotopic (exact) mass is 476 g/mol. The van der Waals surface area contributed by atoms with E-state index in [4.69, 9.17) is 11.6 Å². The molecule has 2 amide bonds. The van der Waals surface area contributed by atoms with Crippen molar-refractivity contribution < 1.29 is 18.0 Å². The van der Waals surface area contributed by atoms with Crippen molar-refractivity contribution >= 4 is 39.1 Å². The molecule has 0 aliphatic carbocycles. The molecular formula is C22H25ClN4O4S. The van der Waals surface area contributed by atoms with Crippen LogP contribution in [0, 0.1) is 0 Å². The minimum atomic E-state index is -3.69. The van der Waals surface area contributed by atoms with E-state index in [0.717, 1.165) is 5.69 Å². The van der Waals surface area contributed by atoms with Crippen LogP contribution in [0.1, 0.15) is 12.8 Å². The molecule has 32 heavy (non-hydrogen) atoms. The Morgan fingerprint density at radius 2 is 1.69 bits per heavy atom. The molecule has 8 nitrogen and oxygen atoms in total. The van der Waals surface area contributed by atoms with E-state index >= 15 is 0 Å². The number of piperidine rings is 1. The van der Waals surface area contributed by atoms with E-state index in [1.165, 1.54) is 28.4 Å². The summed E-state index contributed by atoms with van der Waals surface area (Å²) in [6, 6.07) is 15.6. The second-order valence-electron chi connectivity index (χ2n) is 7.97. The first-order chi connectivity index (χ1) is 15.3. The van der Waals surface area contributed by atoms with Crippen LogP contribution in [0.15, 0.2) is 59.5 Å². The van der Waals surface area contributed by atoms with Crippen LogP contribution in [0.3, 0.4) is 0 Å². The lowest BCUT2D eigenvalue weighted by Gasteiger charge is -2.42. The first kappa shape index (κ1) is 22.6. The predicted octanol–water partition coefficient (Wildman–Crippen LogP) is 1.92. The van der Waals surface area contributed by atoms with Gasteiger partial charge < -0.3 is 15.1 Å². The lowest BCUT2D eigenvalue weighted by Crippen LogP contribution is -2.57. The van der Waals surface area contributed by atoms with Crippen LogP contribution in [0.25, 0.3) is 0 Å². The van der Waals surface area contributed by atoms with Gasteiger partial charge in [-0.3, -0.25) is 9.59 Å². The average molecular weight is 477 g/mol. The molecule has 0 unspecified atom stereocenters. The van der Waals surface area contributed by atoms with Gasteiger partial charge in [0.25, 0.3) is 0 Å². The molecule has 2 saturated heterocycles. The van der Waals surface area contributed by atoms with Crippen LogP contribution in [0.4, 0.5) is 5.69 Å². The van der Waals surface area contributed by atoms with Crippen molar-refractivity contribution in [2.75, 3.05) is 38.3 Å². The molecule has 4 rings (SSSR count). The van der Waals surface area contributed by atoms with Gasteiger partial charge in [0.05, 0.1) is 11.6 Å². The first-order valence-corrected chi connectivity index (χ1v) is 12.2. The van der Waals surface area contributed by atoms with Gasteiger partial charge in [0.15, 0.2) is 0 Å². The SMILES string of the molecule is CNC(=O)CN1CN(c2ccccc2)C2(CCN(S(=O)(=O)c3ccc(Cl)cc3)CC2)C1=O. The predicted molar refractivity (Wildman–Crippen MR) is 122 cm³/mol. The van der Waals surface area contributed by atoms with Crippen LogP contribution in [0.2, 0.25) is 5.02 Å². The number of likely N-dealkylation sites (N-methyl/N-ethyl adjacent to an activating group) is 1.